The van der Waals surface area contributed by atoms with Crippen LogP contribution in [-0.2, 0) is 0 Å². The summed E-state index contributed by atoms with van der Waals surface area (Å²) in [5.74, 6) is 1.27. The van der Waals surface area contributed by atoms with Crippen LogP contribution in [0.1, 0.15) is 48.4 Å². The van der Waals surface area contributed by atoms with Crippen molar-refractivity contribution in [2.24, 2.45) is 0 Å². The minimum absolute atomic E-state index is 0.00139. The van der Waals surface area contributed by atoms with Gasteiger partial charge in [-0.1, -0.05) is 0 Å². The molecule has 1 aromatic carbocycles. The van der Waals surface area contributed by atoms with Crippen molar-refractivity contribution in [3.63, 3.8) is 0 Å². The Morgan fingerprint density at radius 3 is 2.30 bits per heavy atom. The molecule has 4 rings (SSSR count). The van der Waals surface area contributed by atoms with E-state index in [0.717, 1.165) is 44.7 Å². The summed E-state index contributed by atoms with van der Waals surface area (Å²) >= 11 is 0. The number of aromatic nitrogens is 2. The molecule has 1 aromatic heterocycles. The van der Waals surface area contributed by atoms with E-state index in [2.05, 4.69) is 44.5 Å². The molecule has 0 atom stereocenters. The summed E-state index contributed by atoms with van der Waals surface area (Å²) in [5.41, 5.74) is 2.70. The second kappa shape index (κ2) is 7.94. The molecule has 6 nitrogen and oxygen atoms in total. The molecule has 0 spiro atoms. The molecular weight excluding hydrogens is 338 g/mol. The third-order valence-electron chi connectivity index (χ3n) is 5.31. The van der Waals surface area contributed by atoms with Crippen LogP contribution in [0.4, 0.5) is 17.2 Å². The van der Waals surface area contributed by atoms with Gasteiger partial charge in [-0.05, 0) is 63.3 Å². The number of likely N-dealkylation sites (tertiary alicyclic amines) is 1. The van der Waals surface area contributed by atoms with Crippen molar-refractivity contribution >= 4 is 23.1 Å². The van der Waals surface area contributed by atoms with Gasteiger partial charge in [-0.2, -0.15) is 0 Å². The first-order chi connectivity index (χ1) is 13.2. The number of nitrogens with zero attached hydrogens (tertiary/aromatic N) is 4. The molecule has 0 saturated carbocycles. The van der Waals surface area contributed by atoms with Crippen molar-refractivity contribution in [1.82, 2.24) is 14.9 Å². The number of hydrogen-bond donors (Lipinski definition) is 1. The van der Waals surface area contributed by atoms with Gasteiger partial charge in [-0.15, -0.1) is 0 Å². The number of rotatable bonds is 4. The standard InChI is InChI=1S/C21H27N5O/c1-16-22-19(21(27)26-13-5-6-14-26)15-20(23-16)24-17-7-9-18(10-8-17)25-11-3-2-4-12-25/h7-10,15H,2-6,11-14H2,1H3,(H,22,23,24). The van der Waals surface area contributed by atoms with Gasteiger partial charge < -0.3 is 15.1 Å². The van der Waals surface area contributed by atoms with E-state index in [0.29, 0.717) is 17.3 Å². The van der Waals surface area contributed by atoms with E-state index in [-0.39, 0.29) is 5.91 Å². The number of aryl methyl sites for hydroxylation is 1. The molecule has 0 radical (unpaired) electrons. The zero-order chi connectivity index (χ0) is 18.6. The molecule has 1 N–H and O–H groups in total. The van der Waals surface area contributed by atoms with Gasteiger partial charge in [0, 0.05) is 43.6 Å². The number of amides is 1. The Labute approximate surface area is 160 Å². The summed E-state index contributed by atoms with van der Waals surface area (Å²) in [4.78, 5) is 25.7. The molecule has 6 heteroatoms. The van der Waals surface area contributed by atoms with Crippen molar-refractivity contribution in [2.45, 2.75) is 39.0 Å². The largest absolute Gasteiger partial charge is 0.372 e. The highest BCUT2D eigenvalue weighted by atomic mass is 16.2. The van der Waals surface area contributed by atoms with Gasteiger partial charge in [-0.25, -0.2) is 9.97 Å². The average molecular weight is 365 g/mol. The van der Waals surface area contributed by atoms with Gasteiger partial charge in [0.15, 0.2) is 0 Å². The summed E-state index contributed by atoms with van der Waals surface area (Å²) < 4.78 is 0. The van der Waals surface area contributed by atoms with Crippen molar-refractivity contribution in [2.75, 3.05) is 36.4 Å². The highest BCUT2D eigenvalue weighted by molar-refractivity contribution is 5.93. The van der Waals surface area contributed by atoms with Crippen LogP contribution in [0.3, 0.4) is 0 Å². The Bertz CT molecular complexity index is 793. The van der Waals surface area contributed by atoms with E-state index in [4.69, 9.17) is 0 Å². The molecule has 3 heterocycles. The van der Waals surface area contributed by atoms with Crippen molar-refractivity contribution in [3.8, 4) is 0 Å². The quantitative estimate of drug-likeness (QED) is 0.894. The predicted molar refractivity (Wildman–Crippen MR) is 108 cm³/mol. The monoisotopic (exact) mass is 365 g/mol. The number of benzene rings is 1. The molecule has 2 saturated heterocycles. The second-order valence-corrected chi connectivity index (χ2v) is 7.40. The van der Waals surface area contributed by atoms with Crippen molar-refractivity contribution in [3.05, 3.63) is 41.9 Å². The number of nitrogens with one attached hydrogen (secondary N) is 1. The van der Waals surface area contributed by atoms with Crippen LogP contribution < -0.4 is 10.2 Å². The molecule has 2 aliphatic rings. The third-order valence-corrected chi connectivity index (χ3v) is 5.31. The van der Waals surface area contributed by atoms with Gasteiger partial charge in [0.05, 0.1) is 0 Å². The number of carbonyl (C=O) groups is 1. The highest BCUT2D eigenvalue weighted by Crippen LogP contribution is 2.24. The molecule has 1 amide bonds. The normalized spacial score (nSPS) is 17.2. The summed E-state index contributed by atoms with van der Waals surface area (Å²) in [7, 11) is 0. The molecule has 2 aliphatic heterocycles. The molecule has 0 bridgehead atoms. The maximum atomic E-state index is 12.6. The first-order valence-electron chi connectivity index (χ1n) is 9.96. The average Bonchev–Trinajstić information content (AvgIpc) is 3.23. The summed E-state index contributed by atoms with van der Waals surface area (Å²) in [6.45, 7) is 5.75. The van der Waals surface area contributed by atoms with Gasteiger partial charge >= 0.3 is 0 Å². The number of piperidine rings is 1. The van der Waals surface area contributed by atoms with Crippen LogP contribution in [0, 0.1) is 6.92 Å². The Kier molecular flexibility index (Phi) is 5.23. The van der Waals surface area contributed by atoms with Gasteiger partial charge in [-0.3, -0.25) is 4.79 Å². The molecule has 0 aliphatic carbocycles. The smallest absolute Gasteiger partial charge is 0.272 e. The van der Waals surface area contributed by atoms with E-state index < -0.39 is 0 Å². The fraction of sp³-hybridized carbons (Fsp3) is 0.476. The van der Waals surface area contributed by atoms with Gasteiger partial charge in [0.1, 0.15) is 17.3 Å². The SMILES string of the molecule is Cc1nc(Nc2ccc(N3CCCCC3)cc2)cc(C(=O)N2CCCC2)n1. The minimum atomic E-state index is 0.00139. The lowest BCUT2D eigenvalue weighted by Crippen LogP contribution is -2.29. The first-order valence-corrected chi connectivity index (χ1v) is 9.96. The fourth-order valence-electron chi connectivity index (χ4n) is 3.88. The van der Waals surface area contributed by atoms with Crippen molar-refractivity contribution < 1.29 is 4.79 Å². The van der Waals surface area contributed by atoms with Crippen LogP contribution in [0.15, 0.2) is 30.3 Å². The number of anilines is 3. The lowest BCUT2D eigenvalue weighted by Gasteiger charge is -2.28. The predicted octanol–water partition coefficient (Wildman–Crippen LogP) is 3.75. The topological polar surface area (TPSA) is 61.4 Å². The maximum absolute atomic E-state index is 12.6. The number of hydrogen-bond acceptors (Lipinski definition) is 5. The van der Waals surface area contributed by atoms with E-state index in [9.17, 15) is 4.79 Å². The molecular formula is C21H27N5O. The highest BCUT2D eigenvalue weighted by Gasteiger charge is 2.21. The van der Waals surface area contributed by atoms with Crippen LogP contribution in [0.25, 0.3) is 0 Å². The summed E-state index contributed by atoms with van der Waals surface area (Å²) in [5, 5.41) is 3.32. The minimum Gasteiger partial charge on any atom is -0.372 e. The van der Waals surface area contributed by atoms with Gasteiger partial charge in [0.25, 0.3) is 5.91 Å². The Morgan fingerprint density at radius 1 is 0.926 bits per heavy atom. The molecule has 142 valence electrons. The van der Waals surface area contributed by atoms with Crippen LogP contribution >= 0.6 is 0 Å². The zero-order valence-corrected chi connectivity index (χ0v) is 15.9. The number of carbonyl (C=O) groups excluding carboxylic acids is 1. The van der Waals surface area contributed by atoms with Crippen molar-refractivity contribution in [1.29, 1.82) is 0 Å². The maximum Gasteiger partial charge on any atom is 0.272 e. The first kappa shape index (κ1) is 17.8. The van der Waals surface area contributed by atoms with E-state index in [1.165, 1.54) is 24.9 Å². The molecule has 0 unspecified atom stereocenters. The molecule has 2 fully saturated rings. The Morgan fingerprint density at radius 2 is 1.59 bits per heavy atom. The van der Waals surface area contributed by atoms with Gasteiger partial charge in [0.2, 0.25) is 0 Å². The second-order valence-electron chi connectivity index (χ2n) is 7.40. The fourth-order valence-corrected chi connectivity index (χ4v) is 3.88. The van der Waals surface area contributed by atoms with E-state index in [1.807, 2.05) is 11.8 Å². The van der Waals surface area contributed by atoms with Crippen LogP contribution in [0.5, 0.6) is 0 Å². The zero-order valence-electron chi connectivity index (χ0n) is 15.9. The Balaban J connectivity index is 1.47. The summed E-state index contributed by atoms with van der Waals surface area (Å²) in [6, 6.07) is 10.2. The lowest BCUT2D eigenvalue weighted by atomic mass is 10.1. The Hall–Kier alpha value is -2.63. The van der Waals surface area contributed by atoms with E-state index in [1.54, 1.807) is 6.07 Å². The van der Waals surface area contributed by atoms with Crippen LogP contribution in [-0.4, -0.2) is 47.0 Å². The lowest BCUT2D eigenvalue weighted by molar-refractivity contribution is 0.0786. The van der Waals surface area contributed by atoms with Crippen LogP contribution in [0.2, 0.25) is 0 Å². The summed E-state index contributed by atoms with van der Waals surface area (Å²) in [6.07, 6.45) is 6.03. The third kappa shape index (κ3) is 4.21. The van der Waals surface area contributed by atoms with E-state index >= 15 is 0 Å². The molecule has 27 heavy (non-hydrogen) atoms. The molecule has 2 aromatic rings.